The second-order valence-corrected chi connectivity index (χ2v) is 10.8. The minimum atomic E-state index is -4.36. The van der Waals surface area contributed by atoms with Gasteiger partial charge in [0.15, 0.2) is 0 Å². The van der Waals surface area contributed by atoms with Crippen LogP contribution in [0.5, 0.6) is 0 Å². The molecule has 0 radical (unpaired) electrons. The van der Waals surface area contributed by atoms with Crippen LogP contribution >= 0.6 is 27.7 Å². The lowest BCUT2D eigenvalue weighted by Gasteiger charge is -2.27. The minimum Gasteiger partial charge on any atom is -0.358 e. The van der Waals surface area contributed by atoms with Gasteiger partial charge in [0.2, 0.25) is 0 Å². The molecule has 1 saturated carbocycles. The number of alkyl halides is 3. The molecule has 33 heavy (non-hydrogen) atoms. The van der Waals surface area contributed by atoms with Crippen molar-refractivity contribution in [2.45, 2.75) is 50.2 Å². The summed E-state index contributed by atoms with van der Waals surface area (Å²) in [6.07, 6.45) is 0.671. The molecular weight excluding hydrogens is 513 g/mol. The summed E-state index contributed by atoms with van der Waals surface area (Å²) < 4.78 is 44.6. The highest BCUT2D eigenvalue weighted by Gasteiger charge is 2.44. The van der Waals surface area contributed by atoms with Crippen molar-refractivity contribution in [1.82, 2.24) is 14.8 Å². The summed E-state index contributed by atoms with van der Waals surface area (Å²) >= 11 is 4.82. The van der Waals surface area contributed by atoms with Gasteiger partial charge in [-0.2, -0.15) is 18.3 Å². The number of nitrogens with zero attached hydrogens (tertiary/aromatic N) is 3. The molecule has 1 aliphatic heterocycles. The average Bonchev–Trinajstić information content (AvgIpc) is 2.96. The number of anilines is 1. The van der Waals surface area contributed by atoms with E-state index >= 15 is 0 Å². The first-order chi connectivity index (χ1) is 15.8. The third-order valence-electron chi connectivity index (χ3n) is 6.46. The highest BCUT2D eigenvalue weighted by Crippen LogP contribution is 2.49. The second-order valence-electron chi connectivity index (χ2n) is 8.76. The Hall–Kier alpha value is -2.00. The molecule has 2 aliphatic rings. The number of nitrogens with one attached hydrogen (secondary N) is 1. The highest BCUT2D eigenvalue weighted by atomic mass is 79.9. The van der Waals surface area contributed by atoms with Gasteiger partial charge in [0.1, 0.15) is 17.6 Å². The second kappa shape index (κ2) is 8.98. The maximum Gasteiger partial charge on any atom is 0.409 e. The van der Waals surface area contributed by atoms with Crippen LogP contribution in [0.25, 0.3) is 11.4 Å². The van der Waals surface area contributed by atoms with Crippen LogP contribution in [0.3, 0.4) is 0 Å². The van der Waals surface area contributed by atoms with Gasteiger partial charge in [-0.15, -0.1) is 11.8 Å². The molecule has 2 atom stereocenters. The maximum atomic E-state index is 14.0. The number of thioether (sulfide) groups is 1. The fourth-order valence-electron chi connectivity index (χ4n) is 4.46. The third kappa shape index (κ3) is 4.54. The van der Waals surface area contributed by atoms with Gasteiger partial charge in [0.25, 0.3) is 0 Å². The van der Waals surface area contributed by atoms with Gasteiger partial charge in [-0.25, -0.2) is 4.68 Å². The van der Waals surface area contributed by atoms with Crippen LogP contribution in [0.1, 0.15) is 41.2 Å². The van der Waals surface area contributed by atoms with E-state index in [1.807, 2.05) is 43.3 Å². The predicted octanol–water partition coefficient (Wildman–Crippen LogP) is 7.00. The zero-order valence-electron chi connectivity index (χ0n) is 18.1. The van der Waals surface area contributed by atoms with Crippen LogP contribution in [0, 0.1) is 12.8 Å². The topological polar surface area (TPSA) is 42.7 Å². The van der Waals surface area contributed by atoms with Gasteiger partial charge in [0, 0.05) is 28.5 Å². The zero-order valence-corrected chi connectivity index (χ0v) is 20.5. The first-order valence-corrected chi connectivity index (χ1v) is 12.9. The van der Waals surface area contributed by atoms with E-state index in [9.17, 15) is 13.2 Å². The average molecular weight is 537 g/mol. The van der Waals surface area contributed by atoms with Gasteiger partial charge >= 0.3 is 6.18 Å². The predicted molar refractivity (Wildman–Crippen MR) is 129 cm³/mol. The van der Waals surface area contributed by atoms with Crippen molar-refractivity contribution in [3.8, 4) is 11.4 Å². The maximum absolute atomic E-state index is 14.0. The molecule has 1 aliphatic carbocycles. The molecule has 1 N–H and O–H groups in total. The van der Waals surface area contributed by atoms with E-state index in [1.54, 1.807) is 10.9 Å². The quantitative estimate of drug-likeness (QED) is 0.390. The summed E-state index contributed by atoms with van der Waals surface area (Å²) in [6, 6.07) is 9.90. The molecule has 0 saturated heterocycles. The van der Waals surface area contributed by atoms with Crippen molar-refractivity contribution >= 4 is 33.5 Å². The lowest BCUT2D eigenvalue weighted by atomic mass is 9.85. The fourth-order valence-corrected chi connectivity index (χ4v) is 6.42. The van der Waals surface area contributed by atoms with Crippen molar-refractivity contribution in [3.63, 3.8) is 0 Å². The van der Waals surface area contributed by atoms with Gasteiger partial charge in [-0.05, 0) is 61.1 Å². The standard InChI is InChI=1S/C24H24BrF3N4S/c1-14-11-16(25)8-9-17(14)22-20-21(18-7-2-3-10-29-18)31-32(12-15-5-4-6-15)23(20)30-19(13-33-22)24(26,27)28/h2-3,7-11,15,19,22,30H,4-6,12-13H2,1H3/t19-,22-/m0/s1. The van der Waals surface area contributed by atoms with Gasteiger partial charge in [0.05, 0.1) is 10.9 Å². The number of pyridine rings is 1. The van der Waals surface area contributed by atoms with Crippen LogP contribution in [-0.2, 0) is 6.54 Å². The number of hydrogen-bond acceptors (Lipinski definition) is 4. The monoisotopic (exact) mass is 536 g/mol. The first kappa shape index (κ1) is 22.8. The van der Waals surface area contributed by atoms with Crippen LogP contribution < -0.4 is 5.32 Å². The van der Waals surface area contributed by atoms with Gasteiger partial charge in [-0.1, -0.05) is 34.5 Å². The molecule has 3 aromatic rings. The van der Waals surface area contributed by atoms with Crippen molar-refractivity contribution in [2.24, 2.45) is 5.92 Å². The Morgan fingerprint density at radius 2 is 2.03 bits per heavy atom. The molecule has 2 aromatic heterocycles. The Morgan fingerprint density at radius 1 is 1.21 bits per heavy atom. The van der Waals surface area contributed by atoms with Gasteiger partial charge < -0.3 is 5.32 Å². The summed E-state index contributed by atoms with van der Waals surface area (Å²) in [6.45, 7) is 2.61. The Morgan fingerprint density at radius 3 is 2.67 bits per heavy atom. The molecule has 4 nitrogen and oxygen atoms in total. The van der Waals surface area contributed by atoms with Crippen molar-refractivity contribution in [1.29, 1.82) is 0 Å². The van der Waals surface area contributed by atoms with Crippen molar-refractivity contribution in [3.05, 3.63) is 63.8 Å². The van der Waals surface area contributed by atoms with E-state index in [4.69, 9.17) is 5.10 Å². The number of hydrogen-bond donors (Lipinski definition) is 1. The summed E-state index contributed by atoms with van der Waals surface area (Å²) in [5.41, 5.74) is 4.13. The summed E-state index contributed by atoms with van der Waals surface area (Å²) in [4.78, 5) is 4.50. The van der Waals surface area contributed by atoms with Crippen molar-refractivity contribution in [2.75, 3.05) is 11.1 Å². The van der Waals surface area contributed by atoms with Crippen LogP contribution in [0.4, 0.5) is 19.0 Å². The number of fused-ring (bicyclic) bond motifs is 1. The molecule has 174 valence electrons. The van der Waals surface area contributed by atoms with Crippen LogP contribution in [-0.4, -0.2) is 32.7 Å². The molecule has 1 fully saturated rings. The smallest absolute Gasteiger partial charge is 0.358 e. The Balaban J connectivity index is 1.71. The molecule has 3 heterocycles. The number of aromatic nitrogens is 3. The number of halogens is 4. The zero-order chi connectivity index (χ0) is 23.2. The molecule has 0 bridgehead atoms. The minimum absolute atomic E-state index is 0.0799. The van der Waals surface area contributed by atoms with E-state index in [0.29, 0.717) is 29.7 Å². The Bertz CT molecular complexity index is 1140. The Kier molecular flexibility index (Phi) is 6.20. The summed E-state index contributed by atoms with van der Waals surface area (Å²) in [7, 11) is 0. The first-order valence-electron chi connectivity index (χ1n) is 11.0. The number of rotatable bonds is 4. The van der Waals surface area contributed by atoms with E-state index in [0.717, 1.165) is 40.4 Å². The largest absolute Gasteiger partial charge is 0.409 e. The summed E-state index contributed by atoms with van der Waals surface area (Å²) in [5, 5.41) is 7.44. The normalized spacial score (nSPS) is 21.1. The fraction of sp³-hybridized carbons (Fsp3) is 0.417. The van der Waals surface area contributed by atoms with E-state index in [2.05, 4.69) is 26.2 Å². The molecular formula is C24H24BrF3N4S. The van der Waals surface area contributed by atoms with E-state index in [-0.39, 0.29) is 11.0 Å². The van der Waals surface area contributed by atoms with E-state index in [1.165, 1.54) is 11.8 Å². The number of aryl methyl sites for hydroxylation is 1. The lowest BCUT2D eigenvalue weighted by molar-refractivity contribution is -0.137. The van der Waals surface area contributed by atoms with Crippen LogP contribution in [0.2, 0.25) is 0 Å². The molecule has 5 rings (SSSR count). The SMILES string of the molecule is Cc1cc(Br)ccc1[C@@H]1SC[C@@H](C(F)(F)F)Nc2c1c(-c1ccccn1)nn2CC1CCC1. The molecule has 9 heteroatoms. The van der Waals surface area contributed by atoms with Crippen molar-refractivity contribution < 1.29 is 13.2 Å². The Labute approximate surface area is 203 Å². The highest BCUT2D eigenvalue weighted by molar-refractivity contribution is 9.10. The van der Waals surface area contributed by atoms with E-state index < -0.39 is 12.2 Å². The molecule has 1 aromatic carbocycles. The van der Waals surface area contributed by atoms with Crippen LogP contribution in [0.15, 0.2) is 47.1 Å². The summed E-state index contributed by atoms with van der Waals surface area (Å²) in [5.74, 6) is 0.839. The lowest BCUT2D eigenvalue weighted by Crippen LogP contribution is -2.38. The number of benzene rings is 1. The molecule has 0 unspecified atom stereocenters. The third-order valence-corrected chi connectivity index (χ3v) is 8.31. The molecule has 0 spiro atoms. The molecule has 0 amide bonds. The van der Waals surface area contributed by atoms with Gasteiger partial charge in [-0.3, -0.25) is 4.98 Å².